The Balaban J connectivity index is 2.16. The first-order valence-corrected chi connectivity index (χ1v) is 6.94. The molecule has 7 heteroatoms. The average Bonchev–Trinajstić information content (AvgIpc) is 3.01. The highest BCUT2D eigenvalue weighted by atomic mass is 79.9. The van der Waals surface area contributed by atoms with E-state index in [1.807, 2.05) is 13.8 Å². The second kappa shape index (κ2) is 4.82. The van der Waals surface area contributed by atoms with Gasteiger partial charge in [-0.1, -0.05) is 0 Å². The molecule has 0 amide bonds. The number of rotatable bonds is 3. The van der Waals surface area contributed by atoms with Crippen LogP contribution in [-0.2, 0) is 0 Å². The van der Waals surface area contributed by atoms with Gasteiger partial charge in [-0.3, -0.25) is 14.5 Å². The standard InChI is InChI=1S/C13H12BrN5O/c1-8(2)19-12(10(14)6-17-19)13(20)9-5-16-18-4-3-15-7-11(9)18/h3-8H,1-2H3. The first-order valence-electron chi connectivity index (χ1n) is 6.14. The molecular weight excluding hydrogens is 322 g/mol. The van der Waals surface area contributed by atoms with E-state index in [0.717, 1.165) is 0 Å². The van der Waals surface area contributed by atoms with Gasteiger partial charge >= 0.3 is 0 Å². The molecule has 3 rings (SSSR count). The summed E-state index contributed by atoms with van der Waals surface area (Å²) >= 11 is 3.39. The van der Waals surface area contributed by atoms with Crippen LogP contribution in [0.1, 0.15) is 35.9 Å². The van der Waals surface area contributed by atoms with Gasteiger partial charge in [-0.25, -0.2) is 4.52 Å². The van der Waals surface area contributed by atoms with Crippen molar-refractivity contribution in [2.75, 3.05) is 0 Å². The first-order chi connectivity index (χ1) is 9.59. The number of carbonyl (C=O) groups excluding carboxylic acids is 1. The molecule has 0 aliphatic heterocycles. The monoisotopic (exact) mass is 333 g/mol. The van der Waals surface area contributed by atoms with Crippen molar-refractivity contribution in [1.82, 2.24) is 24.4 Å². The topological polar surface area (TPSA) is 65.1 Å². The van der Waals surface area contributed by atoms with Gasteiger partial charge < -0.3 is 0 Å². The van der Waals surface area contributed by atoms with Crippen LogP contribution < -0.4 is 0 Å². The van der Waals surface area contributed by atoms with Gasteiger partial charge in [0.1, 0.15) is 5.69 Å². The Bertz CT molecular complexity index is 789. The van der Waals surface area contributed by atoms with Crippen LogP contribution in [0.5, 0.6) is 0 Å². The molecule has 0 aliphatic carbocycles. The number of nitrogens with zero attached hydrogens (tertiary/aromatic N) is 5. The minimum absolute atomic E-state index is 0.0974. The van der Waals surface area contributed by atoms with Crippen LogP contribution >= 0.6 is 15.9 Å². The first kappa shape index (κ1) is 13.0. The smallest absolute Gasteiger partial charge is 0.216 e. The summed E-state index contributed by atoms with van der Waals surface area (Å²) < 4.78 is 4.01. The Morgan fingerprint density at radius 3 is 2.80 bits per heavy atom. The fraction of sp³-hybridized carbons (Fsp3) is 0.231. The maximum atomic E-state index is 12.8. The maximum absolute atomic E-state index is 12.8. The third-order valence-corrected chi connectivity index (χ3v) is 3.60. The second-order valence-corrected chi connectivity index (χ2v) is 5.53. The molecule has 0 bridgehead atoms. The van der Waals surface area contributed by atoms with E-state index >= 15 is 0 Å². The van der Waals surface area contributed by atoms with E-state index in [-0.39, 0.29) is 11.8 Å². The van der Waals surface area contributed by atoms with Crippen LogP contribution in [0.4, 0.5) is 0 Å². The normalized spacial score (nSPS) is 11.4. The van der Waals surface area contributed by atoms with Gasteiger partial charge in [-0.05, 0) is 29.8 Å². The van der Waals surface area contributed by atoms with E-state index in [1.54, 1.807) is 40.2 Å². The third kappa shape index (κ3) is 1.94. The Hall–Kier alpha value is -2.02. The molecule has 0 saturated heterocycles. The fourth-order valence-corrected chi connectivity index (χ4v) is 2.54. The molecule has 102 valence electrons. The SMILES string of the molecule is CC(C)n1ncc(Br)c1C(=O)c1cnn2ccncc12. The summed E-state index contributed by atoms with van der Waals surface area (Å²) in [5.74, 6) is -0.119. The zero-order valence-corrected chi connectivity index (χ0v) is 12.6. The molecular formula is C13H12BrN5O. The van der Waals surface area contributed by atoms with Crippen LogP contribution in [0.2, 0.25) is 0 Å². The lowest BCUT2D eigenvalue weighted by Gasteiger charge is -2.10. The molecule has 20 heavy (non-hydrogen) atoms. The molecule has 0 saturated carbocycles. The predicted molar refractivity (Wildman–Crippen MR) is 76.7 cm³/mol. The largest absolute Gasteiger partial charge is 0.287 e. The molecule has 0 radical (unpaired) electrons. The van der Waals surface area contributed by atoms with Crippen LogP contribution in [-0.4, -0.2) is 30.2 Å². The number of hydrogen-bond donors (Lipinski definition) is 0. The van der Waals surface area contributed by atoms with E-state index in [2.05, 4.69) is 31.1 Å². The highest BCUT2D eigenvalue weighted by molar-refractivity contribution is 9.10. The van der Waals surface area contributed by atoms with Gasteiger partial charge in [0.25, 0.3) is 0 Å². The van der Waals surface area contributed by atoms with E-state index < -0.39 is 0 Å². The molecule has 0 atom stereocenters. The number of ketones is 1. The van der Waals surface area contributed by atoms with E-state index in [0.29, 0.717) is 21.2 Å². The molecule has 0 spiro atoms. The zero-order valence-electron chi connectivity index (χ0n) is 11.0. The lowest BCUT2D eigenvalue weighted by molar-refractivity contribution is 0.102. The number of aromatic nitrogens is 5. The van der Waals surface area contributed by atoms with E-state index in [9.17, 15) is 4.79 Å². The Kier molecular flexibility index (Phi) is 3.13. The average molecular weight is 334 g/mol. The molecule has 0 unspecified atom stereocenters. The summed E-state index contributed by atoms with van der Waals surface area (Å²) in [7, 11) is 0. The summed E-state index contributed by atoms with van der Waals surface area (Å²) in [5.41, 5.74) is 1.72. The molecule has 0 N–H and O–H groups in total. The summed E-state index contributed by atoms with van der Waals surface area (Å²) in [6, 6.07) is 0.0974. The number of fused-ring (bicyclic) bond motifs is 1. The molecule has 0 aromatic carbocycles. The van der Waals surface area contributed by atoms with Crippen molar-refractivity contribution in [2.24, 2.45) is 0 Å². The Labute approximate surface area is 123 Å². The van der Waals surface area contributed by atoms with Crippen LogP contribution in [0.3, 0.4) is 0 Å². The minimum Gasteiger partial charge on any atom is -0.287 e. The van der Waals surface area contributed by atoms with Crippen molar-refractivity contribution in [1.29, 1.82) is 0 Å². The molecule has 6 nitrogen and oxygen atoms in total. The highest BCUT2D eigenvalue weighted by Crippen LogP contribution is 2.24. The van der Waals surface area contributed by atoms with Crippen molar-refractivity contribution in [3.8, 4) is 0 Å². The molecule has 0 aliphatic rings. The Morgan fingerprint density at radius 1 is 1.25 bits per heavy atom. The number of halogens is 1. The number of carbonyl (C=O) groups is 1. The Morgan fingerprint density at radius 2 is 2.05 bits per heavy atom. The summed E-state index contributed by atoms with van der Waals surface area (Å²) in [5, 5.41) is 8.40. The second-order valence-electron chi connectivity index (χ2n) is 4.67. The quantitative estimate of drug-likeness (QED) is 0.691. The van der Waals surface area contributed by atoms with Crippen LogP contribution in [0.25, 0.3) is 5.52 Å². The van der Waals surface area contributed by atoms with Crippen molar-refractivity contribution >= 4 is 27.2 Å². The van der Waals surface area contributed by atoms with Crippen molar-refractivity contribution in [3.63, 3.8) is 0 Å². The highest BCUT2D eigenvalue weighted by Gasteiger charge is 2.23. The van der Waals surface area contributed by atoms with Crippen molar-refractivity contribution < 1.29 is 4.79 Å². The van der Waals surface area contributed by atoms with Gasteiger partial charge in [-0.2, -0.15) is 10.2 Å². The van der Waals surface area contributed by atoms with Crippen LogP contribution in [0, 0.1) is 0 Å². The molecule has 3 aromatic rings. The lowest BCUT2D eigenvalue weighted by atomic mass is 10.1. The van der Waals surface area contributed by atoms with Crippen molar-refractivity contribution in [3.05, 3.63) is 46.7 Å². The summed E-state index contributed by atoms with van der Waals surface area (Å²) in [6.07, 6.45) is 8.16. The zero-order chi connectivity index (χ0) is 14.3. The fourth-order valence-electron chi connectivity index (χ4n) is 2.08. The summed E-state index contributed by atoms with van der Waals surface area (Å²) in [6.45, 7) is 3.96. The third-order valence-electron chi connectivity index (χ3n) is 3.02. The van der Waals surface area contributed by atoms with E-state index in [4.69, 9.17) is 0 Å². The van der Waals surface area contributed by atoms with Crippen LogP contribution in [0.15, 0.2) is 35.5 Å². The van der Waals surface area contributed by atoms with Gasteiger partial charge in [0.05, 0.1) is 34.1 Å². The van der Waals surface area contributed by atoms with Gasteiger partial charge in [0, 0.05) is 18.4 Å². The van der Waals surface area contributed by atoms with Gasteiger partial charge in [-0.15, -0.1) is 0 Å². The van der Waals surface area contributed by atoms with Gasteiger partial charge in [0.15, 0.2) is 0 Å². The molecule has 3 heterocycles. The molecule has 0 fully saturated rings. The van der Waals surface area contributed by atoms with E-state index in [1.165, 1.54) is 0 Å². The minimum atomic E-state index is -0.119. The molecule has 3 aromatic heterocycles. The summed E-state index contributed by atoms with van der Waals surface area (Å²) in [4.78, 5) is 16.8. The predicted octanol–water partition coefficient (Wildman–Crippen LogP) is 2.50. The van der Waals surface area contributed by atoms with Gasteiger partial charge in [0.2, 0.25) is 5.78 Å². The van der Waals surface area contributed by atoms with Crippen molar-refractivity contribution in [2.45, 2.75) is 19.9 Å². The lowest BCUT2D eigenvalue weighted by Crippen LogP contribution is -2.13. The maximum Gasteiger partial charge on any atom is 0.216 e. The number of hydrogen-bond acceptors (Lipinski definition) is 4.